The maximum Gasteiger partial charge on any atom is 0.123 e. The number of halogens is 1. The van der Waals surface area contributed by atoms with Gasteiger partial charge < -0.3 is 15.7 Å². The Morgan fingerprint density at radius 2 is 1.57 bits per heavy atom. The molecule has 0 radical (unpaired) electrons. The Balaban J connectivity index is 2.13. The highest BCUT2D eigenvalue weighted by atomic mass is 19.1. The molecule has 0 bridgehead atoms. The van der Waals surface area contributed by atoms with Gasteiger partial charge in [-0.05, 0) is 48.4 Å². The van der Waals surface area contributed by atoms with Crippen LogP contribution in [-0.4, -0.2) is 18.2 Å². The summed E-state index contributed by atoms with van der Waals surface area (Å²) in [5.74, 6) is -0.232. The molecule has 0 atom stereocenters. The molecule has 0 aromatic heterocycles. The molecule has 0 saturated carbocycles. The lowest BCUT2D eigenvalue weighted by Crippen LogP contribution is -2.25. The normalized spacial score (nSPS) is 10.6. The van der Waals surface area contributed by atoms with Crippen LogP contribution in [0.3, 0.4) is 0 Å². The maximum atomic E-state index is 13.1. The third-order valence-corrected chi connectivity index (χ3v) is 3.40. The first-order valence-corrected chi connectivity index (χ1v) is 7.12. The highest BCUT2D eigenvalue weighted by Gasteiger charge is 2.07. The first kappa shape index (κ1) is 15.5. The van der Waals surface area contributed by atoms with Crippen LogP contribution in [0.15, 0.2) is 48.5 Å². The van der Waals surface area contributed by atoms with E-state index < -0.39 is 0 Å². The van der Waals surface area contributed by atoms with Crippen molar-refractivity contribution >= 4 is 5.69 Å². The van der Waals surface area contributed by atoms with Gasteiger partial charge in [-0.25, -0.2) is 4.39 Å². The average molecular weight is 288 g/mol. The summed E-state index contributed by atoms with van der Waals surface area (Å²) in [6.45, 7) is 2.23. The van der Waals surface area contributed by atoms with Gasteiger partial charge in [0.2, 0.25) is 0 Å². The van der Waals surface area contributed by atoms with E-state index in [0.717, 1.165) is 36.3 Å². The zero-order valence-electron chi connectivity index (χ0n) is 12.0. The molecule has 4 heteroatoms. The summed E-state index contributed by atoms with van der Waals surface area (Å²) in [5.41, 5.74) is 8.62. The molecule has 0 spiro atoms. The van der Waals surface area contributed by atoms with Gasteiger partial charge >= 0.3 is 0 Å². The van der Waals surface area contributed by atoms with E-state index >= 15 is 0 Å². The molecular weight excluding hydrogens is 267 g/mol. The van der Waals surface area contributed by atoms with E-state index in [1.165, 1.54) is 12.1 Å². The molecule has 0 unspecified atom stereocenters. The van der Waals surface area contributed by atoms with Gasteiger partial charge in [0.25, 0.3) is 0 Å². The van der Waals surface area contributed by atoms with Gasteiger partial charge in [0.05, 0.1) is 6.61 Å². The zero-order valence-corrected chi connectivity index (χ0v) is 12.0. The van der Waals surface area contributed by atoms with E-state index in [2.05, 4.69) is 4.90 Å². The van der Waals surface area contributed by atoms with Crippen LogP contribution in [0.1, 0.15) is 17.5 Å². The van der Waals surface area contributed by atoms with Gasteiger partial charge in [-0.3, -0.25) is 0 Å². The molecule has 2 aromatic carbocycles. The van der Waals surface area contributed by atoms with Crippen molar-refractivity contribution in [1.82, 2.24) is 0 Å². The van der Waals surface area contributed by atoms with Crippen molar-refractivity contribution < 1.29 is 9.50 Å². The molecule has 3 N–H and O–H groups in total. The fraction of sp³-hybridized carbons (Fsp3) is 0.294. The topological polar surface area (TPSA) is 49.5 Å². The standard InChI is InChI=1S/C17H21FN2O/c18-16-6-8-17(9-7-16)20(11-1-10-19)12-14-2-4-15(13-21)5-3-14/h2-9,21H,1,10-13,19H2. The second-order valence-electron chi connectivity index (χ2n) is 5.01. The minimum absolute atomic E-state index is 0.0507. The molecule has 3 nitrogen and oxygen atoms in total. The lowest BCUT2D eigenvalue weighted by atomic mass is 10.1. The van der Waals surface area contributed by atoms with Crippen LogP contribution in [0.4, 0.5) is 10.1 Å². The summed E-state index contributed by atoms with van der Waals surface area (Å²) in [4.78, 5) is 2.18. The molecule has 0 aliphatic carbocycles. The number of hydrogen-bond donors (Lipinski definition) is 2. The fourth-order valence-electron chi connectivity index (χ4n) is 2.20. The molecule has 0 saturated heterocycles. The quantitative estimate of drug-likeness (QED) is 0.823. The molecule has 2 aromatic rings. The van der Waals surface area contributed by atoms with Crippen LogP contribution < -0.4 is 10.6 Å². The number of nitrogens with two attached hydrogens (primary N) is 1. The van der Waals surface area contributed by atoms with E-state index in [9.17, 15) is 4.39 Å². The van der Waals surface area contributed by atoms with Crippen LogP contribution in [0.2, 0.25) is 0 Å². The van der Waals surface area contributed by atoms with Crippen molar-refractivity contribution in [3.8, 4) is 0 Å². The number of aliphatic hydroxyl groups excluding tert-OH is 1. The molecule has 2 rings (SSSR count). The summed E-state index contributed by atoms with van der Waals surface area (Å²) in [6, 6.07) is 14.4. The summed E-state index contributed by atoms with van der Waals surface area (Å²) in [6.07, 6.45) is 0.881. The first-order valence-electron chi connectivity index (χ1n) is 7.12. The SMILES string of the molecule is NCCCN(Cc1ccc(CO)cc1)c1ccc(F)cc1. The highest BCUT2D eigenvalue weighted by molar-refractivity contribution is 5.47. The minimum atomic E-state index is -0.232. The minimum Gasteiger partial charge on any atom is -0.392 e. The van der Waals surface area contributed by atoms with Crippen molar-refractivity contribution in [2.75, 3.05) is 18.0 Å². The lowest BCUT2D eigenvalue weighted by Gasteiger charge is -2.25. The monoisotopic (exact) mass is 288 g/mol. The Morgan fingerprint density at radius 3 is 2.14 bits per heavy atom. The lowest BCUT2D eigenvalue weighted by molar-refractivity contribution is 0.282. The van der Waals surface area contributed by atoms with Crippen LogP contribution in [-0.2, 0) is 13.2 Å². The van der Waals surface area contributed by atoms with Crippen LogP contribution in [0, 0.1) is 5.82 Å². The van der Waals surface area contributed by atoms with Crippen molar-refractivity contribution in [3.05, 3.63) is 65.5 Å². The smallest absolute Gasteiger partial charge is 0.123 e. The summed E-state index contributed by atoms with van der Waals surface area (Å²) >= 11 is 0. The Morgan fingerprint density at radius 1 is 0.952 bits per heavy atom. The Kier molecular flexibility index (Phi) is 5.72. The number of nitrogens with zero attached hydrogens (tertiary/aromatic N) is 1. The average Bonchev–Trinajstić information content (AvgIpc) is 2.53. The van der Waals surface area contributed by atoms with E-state index in [4.69, 9.17) is 10.8 Å². The van der Waals surface area contributed by atoms with E-state index in [1.807, 2.05) is 24.3 Å². The molecule has 112 valence electrons. The molecule has 0 aliphatic heterocycles. The predicted molar refractivity (Wildman–Crippen MR) is 83.5 cm³/mol. The van der Waals surface area contributed by atoms with Crippen molar-refractivity contribution in [1.29, 1.82) is 0 Å². The van der Waals surface area contributed by atoms with Gasteiger partial charge in [0.15, 0.2) is 0 Å². The highest BCUT2D eigenvalue weighted by Crippen LogP contribution is 2.18. The van der Waals surface area contributed by atoms with Crippen LogP contribution in [0.5, 0.6) is 0 Å². The molecular formula is C17H21FN2O. The summed E-state index contributed by atoms with van der Waals surface area (Å²) in [5, 5.41) is 9.07. The Hall–Kier alpha value is -1.91. The summed E-state index contributed by atoms with van der Waals surface area (Å²) < 4.78 is 13.1. The molecule has 0 amide bonds. The molecule has 0 fully saturated rings. The predicted octanol–water partition coefficient (Wildman–Crippen LogP) is 2.67. The van der Waals surface area contributed by atoms with Gasteiger partial charge in [-0.1, -0.05) is 24.3 Å². The summed E-state index contributed by atoms with van der Waals surface area (Å²) in [7, 11) is 0. The Labute approximate surface area is 124 Å². The largest absolute Gasteiger partial charge is 0.392 e. The number of anilines is 1. The number of hydrogen-bond acceptors (Lipinski definition) is 3. The second kappa shape index (κ2) is 7.76. The third kappa shape index (κ3) is 4.55. The number of aliphatic hydroxyl groups is 1. The van der Waals surface area contributed by atoms with E-state index in [1.54, 1.807) is 12.1 Å². The van der Waals surface area contributed by atoms with E-state index in [0.29, 0.717) is 6.54 Å². The second-order valence-corrected chi connectivity index (χ2v) is 5.01. The van der Waals surface area contributed by atoms with Crippen LogP contribution in [0.25, 0.3) is 0 Å². The molecule has 0 aliphatic rings. The third-order valence-electron chi connectivity index (χ3n) is 3.40. The van der Waals surface area contributed by atoms with Gasteiger partial charge in [-0.2, -0.15) is 0 Å². The van der Waals surface area contributed by atoms with Gasteiger partial charge in [0, 0.05) is 18.8 Å². The number of rotatable bonds is 7. The van der Waals surface area contributed by atoms with Crippen molar-refractivity contribution in [2.24, 2.45) is 5.73 Å². The van der Waals surface area contributed by atoms with Crippen LogP contribution >= 0.6 is 0 Å². The fourth-order valence-corrected chi connectivity index (χ4v) is 2.20. The number of benzene rings is 2. The molecule has 21 heavy (non-hydrogen) atoms. The van der Waals surface area contributed by atoms with Gasteiger partial charge in [-0.15, -0.1) is 0 Å². The maximum absolute atomic E-state index is 13.1. The van der Waals surface area contributed by atoms with E-state index in [-0.39, 0.29) is 12.4 Å². The van der Waals surface area contributed by atoms with Crippen molar-refractivity contribution in [2.45, 2.75) is 19.6 Å². The van der Waals surface area contributed by atoms with Gasteiger partial charge in [0.1, 0.15) is 5.82 Å². The zero-order chi connectivity index (χ0) is 15.1. The molecule has 0 heterocycles. The first-order chi connectivity index (χ1) is 10.2. The Bertz CT molecular complexity index is 540. The van der Waals surface area contributed by atoms with Crippen molar-refractivity contribution in [3.63, 3.8) is 0 Å².